The highest BCUT2D eigenvalue weighted by Crippen LogP contribution is 2.27. The lowest BCUT2D eigenvalue weighted by molar-refractivity contribution is -0.274. The fourth-order valence-corrected chi connectivity index (χ4v) is 2.54. The number of hydrogen-bond donors (Lipinski definition) is 0. The van der Waals surface area contributed by atoms with Crippen LogP contribution in [0.2, 0.25) is 0 Å². The monoisotopic (exact) mass is 400 g/mol. The van der Waals surface area contributed by atoms with Gasteiger partial charge in [0.2, 0.25) is 5.91 Å². The number of hydrogen-bond acceptors (Lipinski definition) is 4. The summed E-state index contributed by atoms with van der Waals surface area (Å²) in [5.74, 6) is -0.737. The van der Waals surface area contributed by atoms with Gasteiger partial charge in [-0.3, -0.25) is 4.79 Å². The van der Waals surface area contributed by atoms with Gasteiger partial charge in [0, 0.05) is 37.8 Å². The summed E-state index contributed by atoms with van der Waals surface area (Å²) in [4.78, 5) is 27.4. The third kappa shape index (κ3) is 6.79. The van der Waals surface area contributed by atoms with Crippen molar-refractivity contribution < 1.29 is 32.2 Å². The van der Waals surface area contributed by atoms with Gasteiger partial charge in [0.05, 0.1) is 0 Å². The van der Waals surface area contributed by atoms with Gasteiger partial charge in [-0.2, -0.15) is 0 Å². The molecule has 6 nitrogen and oxygen atoms in total. The highest BCUT2D eigenvalue weighted by Gasteiger charge is 2.32. The lowest BCUT2D eigenvalue weighted by Crippen LogP contribution is -2.51. The van der Waals surface area contributed by atoms with Crippen molar-refractivity contribution in [3.63, 3.8) is 0 Å². The second-order valence-electron chi connectivity index (χ2n) is 7.21. The van der Waals surface area contributed by atoms with E-state index in [1.807, 2.05) is 0 Å². The molecule has 1 fully saturated rings. The molecule has 1 saturated heterocycles. The summed E-state index contributed by atoms with van der Waals surface area (Å²) in [6, 6.07) is 5.56. The SMILES string of the molecule is CC(C)(C)OC(=O)N1CCN(C(=O)/C=C/c2ccccc2OC(F)(F)F)CC1. The van der Waals surface area contributed by atoms with Gasteiger partial charge in [-0.05, 0) is 32.9 Å². The van der Waals surface area contributed by atoms with E-state index < -0.39 is 18.1 Å². The van der Waals surface area contributed by atoms with Crippen molar-refractivity contribution in [2.24, 2.45) is 0 Å². The zero-order valence-corrected chi connectivity index (χ0v) is 16.0. The summed E-state index contributed by atoms with van der Waals surface area (Å²) in [5.41, 5.74) is -0.459. The molecule has 0 radical (unpaired) electrons. The Hall–Kier alpha value is -2.71. The molecule has 0 unspecified atom stereocenters. The van der Waals surface area contributed by atoms with E-state index in [1.165, 1.54) is 40.2 Å². The van der Waals surface area contributed by atoms with E-state index in [0.29, 0.717) is 26.2 Å². The van der Waals surface area contributed by atoms with Crippen molar-refractivity contribution >= 4 is 18.1 Å². The fraction of sp³-hybridized carbons (Fsp3) is 0.474. The minimum absolute atomic E-state index is 0.139. The van der Waals surface area contributed by atoms with E-state index in [2.05, 4.69) is 4.74 Å². The standard InChI is InChI=1S/C19H23F3N2O4/c1-18(2,3)28-17(26)24-12-10-23(11-13-24)16(25)9-8-14-6-4-5-7-15(14)27-19(20,21)22/h4-9H,10-13H2,1-3H3/b9-8+. The van der Waals surface area contributed by atoms with Crippen LogP contribution in [0.25, 0.3) is 6.08 Å². The molecule has 154 valence electrons. The molecule has 0 aliphatic carbocycles. The fourth-order valence-electron chi connectivity index (χ4n) is 2.54. The molecule has 0 N–H and O–H groups in total. The van der Waals surface area contributed by atoms with E-state index in [4.69, 9.17) is 4.74 Å². The molecule has 0 aromatic heterocycles. The van der Waals surface area contributed by atoms with Crippen LogP contribution in [0.15, 0.2) is 30.3 Å². The zero-order chi connectivity index (χ0) is 20.9. The van der Waals surface area contributed by atoms with Gasteiger partial charge in [-0.15, -0.1) is 13.2 Å². The van der Waals surface area contributed by atoms with Crippen molar-refractivity contribution in [2.75, 3.05) is 26.2 Å². The minimum atomic E-state index is -4.81. The molecule has 9 heteroatoms. The molecule has 1 aromatic rings. The number of para-hydroxylation sites is 1. The average molecular weight is 400 g/mol. The molecule has 1 aliphatic rings. The molecule has 2 rings (SSSR count). The van der Waals surface area contributed by atoms with Crippen LogP contribution in [0.1, 0.15) is 26.3 Å². The number of benzene rings is 1. The Kier molecular flexibility index (Phi) is 6.58. The summed E-state index contributed by atoms with van der Waals surface area (Å²) in [5, 5.41) is 0. The molecular formula is C19H23F3N2O4. The minimum Gasteiger partial charge on any atom is -0.444 e. The number of rotatable bonds is 3. The number of amides is 2. The molecule has 28 heavy (non-hydrogen) atoms. The van der Waals surface area contributed by atoms with Crippen molar-refractivity contribution in [2.45, 2.75) is 32.7 Å². The van der Waals surface area contributed by atoms with E-state index in [1.54, 1.807) is 26.8 Å². The van der Waals surface area contributed by atoms with E-state index in [9.17, 15) is 22.8 Å². The first-order chi connectivity index (χ1) is 12.9. The van der Waals surface area contributed by atoms with Gasteiger partial charge in [0.1, 0.15) is 11.4 Å². The Bertz CT molecular complexity index is 733. The second kappa shape index (κ2) is 8.53. The number of ether oxygens (including phenoxy) is 2. The van der Waals surface area contributed by atoms with Crippen LogP contribution in [0, 0.1) is 0 Å². The first kappa shape index (κ1) is 21.6. The maximum Gasteiger partial charge on any atom is 0.573 e. The van der Waals surface area contributed by atoms with Crippen molar-refractivity contribution in [3.05, 3.63) is 35.9 Å². The predicted molar refractivity (Wildman–Crippen MR) is 96.5 cm³/mol. The van der Waals surface area contributed by atoms with Crippen LogP contribution in [-0.4, -0.2) is 59.9 Å². The number of nitrogens with zero attached hydrogens (tertiary/aromatic N) is 2. The average Bonchev–Trinajstić information content (AvgIpc) is 2.58. The molecule has 0 bridgehead atoms. The maximum atomic E-state index is 12.5. The van der Waals surface area contributed by atoms with Gasteiger partial charge in [-0.1, -0.05) is 18.2 Å². The maximum absolute atomic E-state index is 12.5. The van der Waals surface area contributed by atoms with Crippen LogP contribution in [0.4, 0.5) is 18.0 Å². The van der Waals surface area contributed by atoms with Crippen molar-refractivity contribution in [1.29, 1.82) is 0 Å². The quantitative estimate of drug-likeness (QED) is 0.727. The highest BCUT2D eigenvalue weighted by atomic mass is 19.4. The summed E-state index contributed by atoms with van der Waals surface area (Å²) in [6.07, 6.45) is -2.77. The first-order valence-corrected chi connectivity index (χ1v) is 8.74. The molecule has 1 heterocycles. The van der Waals surface area contributed by atoms with Gasteiger partial charge in [0.15, 0.2) is 0 Å². The lowest BCUT2D eigenvalue weighted by atomic mass is 10.2. The van der Waals surface area contributed by atoms with Gasteiger partial charge in [0.25, 0.3) is 0 Å². The number of carbonyl (C=O) groups excluding carboxylic acids is 2. The van der Waals surface area contributed by atoms with Gasteiger partial charge < -0.3 is 19.3 Å². The topological polar surface area (TPSA) is 59.1 Å². The third-order valence-electron chi connectivity index (χ3n) is 3.79. The normalized spacial score (nSPS) is 15.6. The van der Waals surface area contributed by atoms with Crippen molar-refractivity contribution in [1.82, 2.24) is 9.80 Å². The Balaban J connectivity index is 1.94. The van der Waals surface area contributed by atoms with Gasteiger partial charge >= 0.3 is 12.5 Å². The number of halogens is 3. The van der Waals surface area contributed by atoms with Crippen LogP contribution in [-0.2, 0) is 9.53 Å². The summed E-state index contributed by atoms with van der Waals surface area (Å²) < 4.78 is 46.6. The van der Waals surface area contributed by atoms with Crippen LogP contribution in [0.5, 0.6) is 5.75 Å². The molecule has 1 aromatic carbocycles. The Morgan fingerprint density at radius 1 is 1.00 bits per heavy atom. The zero-order valence-electron chi connectivity index (χ0n) is 16.0. The highest BCUT2D eigenvalue weighted by molar-refractivity contribution is 5.92. The molecule has 2 amide bonds. The van der Waals surface area contributed by atoms with E-state index in [0.717, 1.165) is 0 Å². The number of alkyl halides is 3. The lowest BCUT2D eigenvalue weighted by Gasteiger charge is -2.35. The molecule has 1 aliphatic heterocycles. The Labute approximate surface area is 161 Å². The largest absolute Gasteiger partial charge is 0.573 e. The molecule has 0 saturated carbocycles. The Morgan fingerprint density at radius 2 is 1.57 bits per heavy atom. The number of piperazine rings is 1. The van der Waals surface area contributed by atoms with E-state index in [-0.39, 0.29) is 17.2 Å². The van der Waals surface area contributed by atoms with Crippen LogP contribution < -0.4 is 4.74 Å². The van der Waals surface area contributed by atoms with Crippen LogP contribution in [0.3, 0.4) is 0 Å². The molecular weight excluding hydrogens is 377 g/mol. The predicted octanol–water partition coefficient (Wildman–Crippen LogP) is 3.68. The van der Waals surface area contributed by atoms with Crippen molar-refractivity contribution in [3.8, 4) is 5.75 Å². The smallest absolute Gasteiger partial charge is 0.444 e. The summed E-state index contributed by atoms with van der Waals surface area (Å²) in [6.45, 7) is 6.58. The molecule has 0 spiro atoms. The van der Waals surface area contributed by atoms with E-state index >= 15 is 0 Å². The van der Waals surface area contributed by atoms with Gasteiger partial charge in [-0.25, -0.2) is 4.79 Å². The number of carbonyl (C=O) groups is 2. The summed E-state index contributed by atoms with van der Waals surface area (Å²) in [7, 11) is 0. The Morgan fingerprint density at radius 3 is 2.14 bits per heavy atom. The molecule has 0 atom stereocenters. The second-order valence-corrected chi connectivity index (χ2v) is 7.21. The van der Waals surface area contributed by atoms with Crippen LogP contribution >= 0.6 is 0 Å². The third-order valence-corrected chi connectivity index (χ3v) is 3.79. The summed E-state index contributed by atoms with van der Waals surface area (Å²) >= 11 is 0. The first-order valence-electron chi connectivity index (χ1n) is 8.74.